The van der Waals surface area contributed by atoms with Gasteiger partial charge in [-0.2, -0.15) is 0 Å². The molecular formula is C22H21N5O2S. The summed E-state index contributed by atoms with van der Waals surface area (Å²) in [7, 11) is 0. The minimum absolute atomic E-state index is 0.141. The van der Waals surface area contributed by atoms with E-state index in [1.165, 1.54) is 0 Å². The quantitative estimate of drug-likeness (QED) is 0.383. The molecule has 1 saturated heterocycles. The maximum absolute atomic E-state index is 12.6. The normalized spacial score (nSPS) is 14.3. The van der Waals surface area contributed by atoms with Crippen molar-refractivity contribution in [2.75, 3.05) is 19.6 Å². The van der Waals surface area contributed by atoms with Crippen molar-refractivity contribution in [3.63, 3.8) is 0 Å². The summed E-state index contributed by atoms with van der Waals surface area (Å²) in [5.74, 6) is 0.0708. The van der Waals surface area contributed by atoms with Gasteiger partial charge in [0.25, 0.3) is 5.91 Å². The third-order valence-corrected chi connectivity index (χ3v) is 5.87. The zero-order valence-corrected chi connectivity index (χ0v) is 17.2. The van der Waals surface area contributed by atoms with Crippen molar-refractivity contribution >= 4 is 51.6 Å². The predicted molar refractivity (Wildman–Crippen MR) is 118 cm³/mol. The first-order valence-corrected chi connectivity index (χ1v) is 10.5. The van der Waals surface area contributed by atoms with Gasteiger partial charge in [0.15, 0.2) is 4.77 Å². The molecule has 3 heterocycles. The smallest absolute Gasteiger partial charge is 0.251 e. The van der Waals surface area contributed by atoms with Crippen LogP contribution in [0.3, 0.4) is 0 Å². The molecule has 0 radical (unpaired) electrons. The second-order valence-electron chi connectivity index (χ2n) is 7.54. The molecule has 0 unspecified atom stereocenters. The Bertz CT molecular complexity index is 1360. The third kappa shape index (κ3) is 3.23. The van der Waals surface area contributed by atoms with Crippen molar-refractivity contribution in [3.8, 4) is 0 Å². The van der Waals surface area contributed by atoms with Crippen LogP contribution in [-0.4, -0.2) is 50.7 Å². The Kier molecular flexibility index (Phi) is 4.71. The van der Waals surface area contributed by atoms with E-state index in [0.717, 1.165) is 47.0 Å². The number of hydrogen-bond acceptors (Lipinski definition) is 4. The molecule has 0 atom stereocenters. The zero-order chi connectivity index (χ0) is 20.7. The molecule has 2 N–H and O–H groups in total. The monoisotopic (exact) mass is 419 g/mol. The fourth-order valence-corrected chi connectivity index (χ4v) is 4.38. The van der Waals surface area contributed by atoms with Crippen molar-refractivity contribution in [1.82, 2.24) is 24.6 Å². The van der Waals surface area contributed by atoms with Crippen LogP contribution in [0.4, 0.5) is 0 Å². The summed E-state index contributed by atoms with van der Waals surface area (Å²) in [5, 5.41) is 3.84. The number of carbonyl (C=O) groups is 2. The van der Waals surface area contributed by atoms with Crippen LogP contribution in [0, 0.1) is 4.77 Å². The number of likely N-dealkylation sites (tertiary alicyclic amines) is 1. The van der Waals surface area contributed by atoms with Gasteiger partial charge in [-0.3, -0.25) is 14.0 Å². The molecule has 30 heavy (non-hydrogen) atoms. The number of aromatic nitrogens is 3. The van der Waals surface area contributed by atoms with E-state index in [9.17, 15) is 9.59 Å². The van der Waals surface area contributed by atoms with Crippen LogP contribution >= 0.6 is 12.2 Å². The number of fused-ring (bicyclic) bond motifs is 5. The zero-order valence-electron chi connectivity index (χ0n) is 16.4. The lowest BCUT2D eigenvalue weighted by molar-refractivity contribution is -0.127. The number of benzene rings is 2. The molecule has 0 bridgehead atoms. The highest BCUT2D eigenvalue weighted by Gasteiger charge is 2.19. The summed E-state index contributed by atoms with van der Waals surface area (Å²) in [4.78, 5) is 34.1. The van der Waals surface area contributed by atoms with Gasteiger partial charge in [-0.15, -0.1) is 0 Å². The van der Waals surface area contributed by atoms with Gasteiger partial charge in [0.2, 0.25) is 5.91 Å². The number of nitrogens with one attached hydrogen (secondary N) is 2. The van der Waals surface area contributed by atoms with E-state index in [-0.39, 0.29) is 11.8 Å². The van der Waals surface area contributed by atoms with Crippen LogP contribution in [0.25, 0.3) is 27.6 Å². The minimum Gasteiger partial charge on any atom is -0.352 e. The van der Waals surface area contributed by atoms with Crippen molar-refractivity contribution in [2.24, 2.45) is 0 Å². The molecule has 1 fully saturated rings. The van der Waals surface area contributed by atoms with Crippen LogP contribution in [0.5, 0.6) is 0 Å². The molecule has 2 aromatic carbocycles. The lowest BCUT2D eigenvalue weighted by Crippen LogP contribution is -2.30. The van der Waals surface area contributed by atoms with E-state index in [1.54, 1.807) is 6.07 Å². The van der Waals surface area contributed by atoms with Crippen molar-refractivity contribution in [3.05, 3.63) is 52.8 Å². The molecule has 5 rings (SSSR count). The summed E-state index contributed by atoms with van der Waals surface area (Å²) < 4.78 is 2.46. The Balaban J connectivity index is 1.37. The maximum Gasteiger partial charge on any atom is 0.251 e. The summed E-state index contributed by atoms with van der Waals surface area (Å²) in [6, 6.07) is 13.4. The molecule has 0 aliphatic carbocycles. The molecule has 1 aliphatic heterocycles. The number of imidazole rings is 1. The molecule has 0 spiro atoms. The van der Waals surface area contributed by atoms with E-state index in [0.29, 0.717) is 29.8 Å². The molecule has 1 aliphatic rings. The Morgan fingerprint density at radius 1 is 1.23 bits per heavy atom. The van der Waals surface area contributed by atoms with Crippen LogP contribution in [0.1, 0.15) is 29.6 Å². The SMILES string of the molecule is O=C(NCCCN1CCCC1=O)c1ccc2c(c1)[nH]c(=S)n1c3ccccc3nc21. The van der Waals surface area contributed by atoms with Crippen LogP contribution < -0.4 is 5.32 Å². The Hall–Kier alpha value is -3.26. The summed E-state index contributed by atoms with van der Waals surface area (Å²) in [6.45, 7) is 2.05. The highest BCUT2D eigenvalue weighted by Crippen LogP contribution is 2.24. The average molecular weight is 420 g/mol. The lowest BCUT2D eigenvalue weighted by Gasteiger charge is -2.15. The third-order valence-electron chi connectivity index (χ3n) is 5.59. The number of hydrogen-bond donors (Lipinski definition) is 2. The van der Waals surface area contributed by atoms with Gasteiger partial charge in [-0.1, -0.05) is 12.1 Å². The number of para-hydroxylation sites is 2. The molecule has 2 amide bonds. The number of nitrogens with zero attached hydrogens (tertiary/aromatic N) is 3. The van der Waals surface area contributed by atoms with E-state index < -0.39 is 0 Å². The number of aromatic amines is 1. The number of carbonyl (C=O) groups excluding carboxylic acids is 2. The standard InChI is InChI=1S/C22H21N5O2S/c28-19-7-3-11-26(19)12-4-10-23-21(29)14-8-9-15-17(13-14)25-22(30)27-18-6-2-1-5-16(18)24-20(15)27/h1-2,5-6,8-9,13H,3-4,7,10-12H2,(H,23,29)(H,25,30). The van der Waals surface area contributed by atoms with Gasteiger partial charge in [-0.25, -0.2) is 4.98 Å². The predicted octanol–water partition coefficient (Wildman–Crippen LogP) is 3.44. The van der Waals surface area contributed by atoms with E-state index in [4.69, 9.17) is 17.2 Å². The van der Waals surface area contributed by atoms with Gasteiger partial charge in [-0.05, 0) is 55.4 Å². The van der Waals surface area contributed by atoms with Crippen LogP contribution in [0.2, 0.25) is 0 Å². The Morgan fingerprint density at radius 3 is 2.93 bits per heavy atom. The highest BCUT2D eigenvalue weighted by atomic mass is 32.1. The van der Waals surface area contributed by atoms with Gasteiger partial charge in [0, 0.05) is 37.0 Å². The molecule has 8 heteroatoms. The molecule has 152 valence electrons. The topological polar surface area (TPSA) is 82.5 Å². The Morgan fingerprint density at radius 2 is 2.10 bits per heavy atom. The molecule has 7 nitrogen and oxygen atoms in total. The summed E-state index contributed by atoms with van der Waals surface area (Å²) >= 11 is 5.55. The lowest BCUT2D eigenvalue weighted by atomic mass is 10.1. The second kappa shape index (κ2) is 7.53. The van der Waals surface area contributed by atoms with Gasteiger partial charge < -0.3 is 15.2 Å². The van der Waals surface area contributed by atoms with E-state index >= 15 is 0 Å². The maximum atomic E-state index is 12.6. The van der Waals surface area contributed by atoms with Crippen molar-refractivity contribution < 1.29 is 9.59 Å². The number of H-pyrrole nitrogens is 1. The van der Waals surface area contributed by atoms with Crippen molar-refractivity contribution in [1.29, 1.82) is 0 Å². The molecule has 0 saturated carbocycles. The number of amides is 2. The fourth-order valence-electron chi connectivity index (χ4n) is 4.08. The average Bonchev–Trinajstić information content (AvgIpc) is 3.34. The molecule has 4 aromatic rings. The minimum atomic E-state index is -0.141. The van der Waals surface area contributed by atoms with Crippen LogP contribution in [-0.2, 0) is 4.79 Å². The highest BCUT2D eigenvalue weighted by molar-refractivity contribution is 7.71. The second-order valence-corrected chi connectivity index (χ2v) is 7.93. The first-order chi connectivity index (χ1) is 14.6. The first-order valence-electron chi connectivity index (χ1n) is 10.1. The summed E-state index contributed by atoms with van der Waals surface area (Å²) in [6.07, 6.45) is 2.32. The van der Waals surface area contributed by atoms with Crippen molar-refractivity contribution in [2.45, 2.75) is 19.3 Å². The first kappa shape index (κ1) is 18.7. The van der Waals surface area contributed by atoms with Crippen LogP contribution in [0.15, 0.2) is 42.5 Å². The fraction of sp³-hybridized carbons (Fsp3) is 0.273. The van der Waals surface area contributed by atoms with E-state index in [2.05, 4.69) is 10.3 Å². The number of rotatable bonds is 5. The molecular weight excluding hydrogens is 398 g/mol. The summed E-state index contributed by atoms with van der Waals surface area (Å²) in [5.41, 5.74) is 3.94. The molecule has 2 aromatic heterocycles. The van der Waals surface area contributed by atoms with E-state index in [1.807, 2.05) is 45.7 Å². The van der Waals surface area contributed by atoms with Gasteiger partial charge in [0.05, 0.1) is 16.6 Å². The Labute approximate surface area is 177 Å². The van der Waals surface area contributed by atoms with Gasteiger partial charge >= 0.3 is 0 Å². The largest absolute Gasteiger partial charge is 0.352 e. The van der Waals surface area contributed by atoms with Gasteiger partial charge in [0.1, 0.15) is 5.65 Å².